The third-order valence-electron chi connectivity index (χ3n) is 3.09. The minimum atomic E-state index is 0.463. The Kier molecular flexibility index (Phi) is 7.29. The molecule has 0 aliphatic carbocycles. The van der Waals surface area contributed by atoms with E-state index in [2.05, 4.69) is 45.8 Å². The van der Waals surface area contributed by atoms with Gasteiger partial charge in [0, 0.05) is 12.2 Å². The Morgan fingerprint density at radius 2 is 1.39 bits per heavy atom. The molecule has 0 saturated carbocycles. The number of benzene rings is 2. The standard InChI is InChI=1S/C17H20N4S2/c22-16(18-13-7-10-14-8-3-1-4-9-14)20-21-17(23)19-15-11-5-2-6-12-15/h1-6,8-9,11-12H,7,10,13H2,(H2,18,20,22)(H2,19,21,23). The van der Waals surface area contributed by atoms with E-state index in [1.54, 1.807) is 0 Å². The van der Waals surface area contributed by atoms with Crippen LogP contribution in [0.15, 0.2) is 60.7 Å². The van der Waals surface area contributed by atoms with Gasteiger partial charge in [-0.25, -0.2) is 0 Å². The van der Waals surface area contributed by atoms with E-state index < -0.39 is 0 Å². The van der Waals surface area contributed by atoms with E-state index in [0.717, 1.165) is 25.1 Å². The number of hydrazine groups is 1. The second kappa shape index (κ2) is 9.76. The van der Waals surface area contributed by atoms with Gasteiger partial charge in [-0.3, -0.25) is 10.9 Å². The average molecular weight is 345 g/mol. The van der Waals surface area contributed by atoms with Gasteiger partial charge in [0.25, 0.3) is 0 Å². The van der Waals surface area contributed by atoms with Crippen molar-refractivity contribution in [2.24, 2.45) is 0 Å². The molecule has 0 amide bonds. The third kappa shape index (κ3) is 7.08. The highest BCUT2D eigenvalue weighted by Gasteiger charge is 1.98. The van der Waals surface area contributed by atoms with Crippen LogP contribution in [-0.4, -0.2) is 16.8 Å². The smallest absolute Gasteiger partial charge is 0.189 e. The molecule has 23 heavy (non-hydrogen) atoms. The largest absolute Gasteiger partial charge is 0.361 e. The van der Waals surface area contributed by atoms with Gasteiger partial charge in [0.15, 0.2) is 10.2 Å². The lowest BCUT2D eigenvalue weighted by atomic mass is 10.1. The fourth-order valence-electron chi connectivity index (χ4n) is 1.98. The zero-order valence-electron chi connectivity index (χ0n) is 12.7. The Balaban J connectivity index is 1.57. The van der Waals surface area contributed by atoms with Crippen LogP contribution >= 0.6 is 24.4 Å². The van der Waals surface area contributed by atoms with Crippen LogP contribution in [0.5, 0.6) is 0 Å². The van der Waals surface area contributed by atoms with Gasteiger partial charge < -0.3 is 10.6 Å². The molecule has 0 bridgehead atoms. The summed E-state index contributed by atoms with van der Waals surface area (Å²) in [4.78, 5) is 0. The van der Waals surface area contributed by atoms with Gasteiger partial charge in [0.2, 0.25) is 0 Å². The normalized spacial score (nSPS) is 9.74. The molecular formula is C17H20N4S2. The van der Waals surface area contributed by atoms with Crippen LogP contribution in [-0.2, 0) is 6.42 Å². The van der Waals surface area contributed by atoms with Gasteiger partial charge in [-0.15, -0.1) is 0 Å². The molecule has 0 aliphatic rings. The van der Waals surface area contributed by atoms with E-state index in [1.165, 1.54) is 5.56 Å². The van der Waals surface area contributed by atoms with Crippen LogP contribution in [0, 0.1) is 0 Å². The highest BCUT2D eigenvalue weighted by molar-refractivity contribution is 7.80. The van der Waals surface area contributed by atoms with E-state index in [4.69, 9.17) is 24.4 Å². The number of nitrogens with one attached hydrogen (secondary N) is 4. The van der Waals surface area contributed by atoms with E-state index in [-0.39, 0.29) is 0 Å². The zero-order valence-corrected chi connectivity index (χ0v) is 14.3. The predicted molar refractivity (Wildman–Crippen MR) is 104 cm³/mol. The number of hydrogen-bond acceptors (Lipinski definition) is 2. The van der Waals surface area contributed by atoms with Crippen molar-refractivity contribution in [3.63, 3.8) is 0 Å². The van der Waals surface area contributed by atoms with Crippen LogP contribution in [0.3, 0.4) is 0 Å². The molecule has 2 aromatic carbocycles. The third-order valence-corrected chi connectivity index (χ3v) is 3.54. The Hall–Kier alpha value is -2.18. The van der Waals surface area contributed by atoms with Crippen LogP contribution in [0.1, 0.15) is 12.0 Å². The van der Waals surface area contributed by atoms with Crippen LogP contribution in [0.2, 0.25) is 0 Å². The van der Waals surface area contributed by atoms with Gasteiger partial charge in [-0.2, -0.15) is 0 Å². The number of aryl methyl sites for hydroxylation is 1. The van der Waals surface area contributed by atoms with Crippen molar-refractivity contribution in [1.29, 1.82) is 0 Å². The molecule has 2 rings (SSSR count). The molecule has 0 aliphatic heterocycles. The number of anilines is 1. The van der Waals surface area contributed by atoms with E-state index in [1.807, 2.05) is 36.4 Å². The molecule has 0 heterocycles. The van der Waals surface area contributed by atoms with Gasteiger partial charge in [-0.05, 0) is 55.0 Å². The Bertz CT molecular complexity index is 617. The second-order valence-electron chi connectivity index (χ2n) is 4.92. The average Bonchev–Trinajstić information content (AvgIpc) is 2.59. The summed E-state index contributed by atoms with van der Waals surface area (Å²) in [7, 11) is 0. The lowest BCUT2D eigenvalue weighted by Crippen LogP contribution is -2.48. The van der Waals surface area contributed by atoms with Gasteiger partial charge in [0.05, 0.1) is 0 Å². The Morgan fingerprint density at radius 1 is 0.783 bits per heavy atom. The summed E-state index contributed by atoms with van der Waals surface area (Å²) in [5.74, 6) is 0. The van der Waals surface area contributed by atoms with Crippen molar-refractivity contribution in [3.8, 4) is 0 Å². The fraction of sp³-hybridized carbons (Fsp3) is 0.176. The maximum atomic E-state index is 5.19. The molecule has 0 saturated heterocycles. The van der Waals surface area contributed by atoms with Crippen molar-refractivity contribution >= 4 is 40.3 Å². The highest BCUT2D eigenvalue weighted by Crippen LogP contribution is 2.04. The molecule has 120 valence electrons. The van der Waals surface area contributed by atoms with Gasteiger partial charge in [-0.1, -0.05) is 48.5 Å². The van der Waals surface area contributed by atoms with Crippen molar-refractivity contribution in [2.75, 3.05) is 11.9 Å². The quantitative estimate of drug-likeness (QED) is 0.380. The first kappa shape index (κ1) is 17.2. The highest BCUT2D eigenvalue weighted by atomic mass is 32.1. The first-order chi connectivity index (χ1) is 11.2. The summed E-state index contributed by atoms with van der Waals surface area (Å²) >= 11 is 10.4. The summed E-state index contributed by atoms with van der Waals surface area (Å²) in [6.45, 7) is 0.807. The molecule has 0 fully saturated rings. The topological polar surface area (TPSA) is 48.1 Å². The van der Waals surface area contributed by atoms with E-state index in [0.29, 0.717) is 10.2 Å². The number of thiocarbonyl (C=S) groups is 2. The van der Waals surface area contributed by atoms with Crippen molar-refractivity contribution in [2.45, 2.75) is 12.8 Å². The Morgan fingerprint density at radius 3 is 2.09 bits per heavy atom. The summed E-state index contributed by atoms with van der Waals surface area (Å²) in [5.41, 5.74) is 7.98. The molecule has 4 N–H and O–H groups in total. The maximum Gasteiger partial charge on any atom is 0.189 e. The molecule has 2 aromatic rings. The van der Waals surface area contributed by atoms with E-state index in [9.17, 15) is 0 Å². The summed E-state index contributed by atoms with van der Waals surface area (Å²) < 4.78 is 0. The number of hydrogen-bond donors (Lipinski definition) is 4. The number of rotatable bonds is 5. The molecule has 0 aromatic heterocycles. The molecule has 0 spiro atoms. The van der Waals surface area contributed by atoms with Crippen molar-refractivity contribution in [3.05, 3.63) is 66.2 Å². The molecule has 0 unspecified atom stereocenters. The van der Waals surface area contributed by atoms with Gasteiger partial charge >= 0.3 is 0 Å². The molecule has 4 nitrogen and oxygen atoms in total. The first-order valence-electron chi connectivity index (χ1n) is 7.44. The predicted octanol–water partition coefficient (Wildman–Crippen LogP) is 2.98. The molecule has 0 radical (unpaired) electrons. The summed E-state index contributed by atoms with van der Waals surface area (Å²) in [6.07, 6.45) is 2.04. The Labute approximate surface area is 147 Å². The zero-order chi connectivity index (χ0) is 16.3. The summed E-state index contributed by atoms with van der Waals surface area (Å²) in [5, 5.41) is 7.19. The SMILES string of the molecule is S=C(NCCCc1ccccc1)NNC(=S)Nc1ccccc1. The molecule has 6 heteroatoms. The number of para-hydroxylation sites is 1. The van der Waals surface area contributed by atoms with Crippen LogP contribution in [0.25, 0.3) is 0 Å². The first-order valence-corrected chi connectivity index (χ1v) is 8.25. The minimum absolute atomic E-state index is 0.463. The van der Waals surface area contributed by atoms with Gasteiger partial charge in [0.1, 0.15) is 0 Å². The lowest BCUT2D eigenvalue weighted by molar-refractivity contribution is 0.746. The maximum absolute atomic E-state index is 5.19. The lowest BCUT2D eigenvalue weighted by Gasteiger charge is -2.14. The molecule has 0 atom stereocenters. The second-order valence-corrected chi connectivity index (χ2v) is 5.73. The van der Waals surface area contributed by atoms with Crippen LogP contribution < -0.4 is 21.5 Å². The van der Waals surface area contributed by atoms with E-state index >= 15 is 0 Å². The van der Waals surface area contributed by atoms with Crippen molar-refractivity contribution in [1.82, 2.24) is 16.2 Å². The molecular weight excluding hydrogens is 324 g/mol. The monoisotopic (exact) mass is 344 g/mol. The minimum Gasteiger partial charge on any atom is -0.361 e. The van der Waals surface area contributed by atoms with Crippen molar-refractivity contribution < 1.29 is 0 Å². The fourth-order valence-corrected chi connectivity index (χ4v) is 2.30. The van der Waals surface area contributed by atoms with Crippen LogP contribution in [0.4, 0.5) is 5.69 Å². The summed E-state index contributed by atoms with van der Waals surface area (Å²) in [6, 6.07) is 20.1.